The fourth-order valence-electron chi connectivity index (χ4n) is 3.83. The van der Waals surface area contributed by atoms with E-state index >= 15 is 0 Å². The number of amides is 1. The maximum atomic E-state index is 12.6. The number of nitrogens with zero attached hydrogens (tertiary/aromatic N) is 2. The Kier molecular flexibility index (Phi) is 4.66. The van der Waals surface area contributed by atoms with Crippen LogP contribution >= 0.6 is 0 Å². The lowest BCUT2D eigenvalue weighted by Gasteiger charge is -2.56. The highest BCUT2D eigenvalue weighted by molar-refractivity contribution is 5.92. The molecule has 1 aliphatic carbocycles. The number of aliphatic hydroxyl groups excluding tert-OH is 1. The van der Waals surface area contributed by atoms with Crippen molar-refractivity contribution < 1.29 is 19.4 Å². The highest BCUT2D eigenvalue weighted by atomic mass is 16.5. The van der Waals surface area contributed by atoms with Crippen LogP contribution in [0.1, 0.15) is 35.4 Å². The minimum absolute atomic E-state index is 0.0550. The van der Waals surface area contributed by atoms with Crippen molar-refractivity contribution in [2.24, 2.45) is 5.41 Å². The van der Waals surface area contributed by atoms with E-state index in [0.717, 1.165) is 18.5 Å². The number of ether oxygens (including phenoxy) is 2. The fraction of sp³-hybridized carbons (Fsp3) is 0.647. The molecule has 1 aliphatic heterocycles. The molecular formula is C17H24N2O4. The number of hydrogen-bond acceptors (Lipinski definition) is 5. The van der Waals surface area contributed by atoms with E-state index in [1.165, 1.54) is 0 Å². The third-order valence-electron chi connectivity index (χ3n) is 5.33. The largest absolute Gasteiger partial charge is 0.392 e. The number of aromatic nitrogens is 1. The molecule has 0 unspecified atom stereocenters. The van der Waals surface area contributed by atoms with Crippen LogP contribution in [0.4, 0.5) is 0 Å². The van der Waals surface area contributed by atoms with Gasteiger partial charge in [-0.3, -0.25) is 4.79 Å². The van der Waals surface area contributed by atoms with Gasteiger partial charge < -0.3 is 19.5 Å². The second kappa shape index (κ2) is 6.55. The lowest BCUT2D eigenvalue weighted by molar-refractivity contribution is -0.199. The van der Waals surface area contributed by atoms with Crippen LogP contribution in [0.5, 0.6) is 0 Å². The SMILES string of the molecule is COCc1cccc(C(=O)N2CCC3(CC2)[C@@H](O)C[C@H]3OC)n1. The molecular weight excluding hydrogens is 296 g/mol. The van der Waals surface area contributed by atoms with Gasteiger partial charge in [-0.1, -0.05) is 6.07 Å². The van der Waals surface area contributed by atoms with Crippen LogP contribution < -0.4 is 0 Å². The Balaban J connectivity index is 1.65. The molecule has 126 valence electrons. The zero-order chi connectivity index (χ0) is 16.4. The summed E-state index contributed by atoms with van der Waals surface area (Å²) in [6.45, 7) is 1.66. The van der Waals surface area contributed by atoms with Gasteiger partial charge in [-0.25, -0.2) is 4.98 Å². The third-order valence-corrected chi connectivity index (χ3v) is 5.33. The Morgan fingerprint density at radius 1 is 1.39 bits per heavy atom. The van der Waals surface area contributed by atoms with Crippen LogP contribution in [0, 0.1) is 5.41 Å². The first-order chi connectivity index (χ1) is 11.1. The van der Waals surface area contributed by atoms with Crippen molar-refractivity contribution in [1.82, 2.24) is 9.88 Å². The second-order valence-corrected chi connectivity index (χ2v) is 6.45. The molecule has 2 aliphatic rings. The van der Waals surface area contributed by atoms with Crippen LogP contribution in [0.15, 0.2) is 18.2 Å². The number of carbonyl (C=O) groups is 1. The fourth-order valence-corrected chi connectivity index (χ4v) is 3.83. The molecule has 23 heavy (non-hydrogen) atoms. The monoisotopic (exact) mass is 320 g/mol. The van der Waals surface area contributed by atoms with Crippen molar-refractivity contribution in [1.29, 1.82) is 0 Å². The molecule has 6 nitrogen and oxygen atoms in total. The zero-order valence-corrected chi connectivity index (χ0v) is 13.7. The molecule has 1 N–H and O–H groups in total. The van der Waals surface area contributed by atoms with Crippen LogP contribution in [0.2, 0.25) is 0 Å². The van der Waals surface area contributed by atoms with Gasteiger partial charge in [0.15, 0.2) is 0 Å². The molecule has 1 aromatic heterocycles. The maximum Gasteiger partial charge on any atom is 0.272 e. The topological polar surface area (TPSA) is 71.9 Å². The molecule has 0 radical (unpaired) electrons. The number of rotatable bonds is 4. The van der Waals surface area contributed by atoms with Gasteiger partial charge in [0.2, 0.25) is 0 Å². The average molecular weight is 320 g/mol. The molecule has 2 atom stereocenters. The first-order valence-corrected chi connectivity index (χ1v) is 8.05. The van der Waals surface area contributed by atoms with E-state index in [1.807, 2.05) is 17.0 Å². The standard InChI is InChI=1S/C17H24N2O4/c1-22-11-12-4-3-5-13(18-12)16(21)19-8-6-17(7-9-19)14(20)10-15(17)23-2/h3-5,14-15,20H,6-11H2,1-2H3/t14-,15+/m0/s1. The summed E-state index contributed by atoms with van der Waals surface area (Å²) in [6, 6.07) is 5.41. The zero-order valence-electron chi connectivity index (χ0n) is 13.7. The molecule has 6 heteroatoms. The molecule has 1 amide bonds. The molecule has 0 bridgehead atoms. The van der Waals surface area contributed by atoms with Crippen LogP contribution in [-0.4, -0.2) is 60.4 Å². The van der Waals surface area contributed by atoms with Crippen molar-refractivity contribution >= 4 is 5.91 Å². The van der Waals surface area contributed by atoms with E-state index in [1.54, 1.807) is 20.3 Å². The van der Waals surface area contributed by atoms with Gasteiger partial charge in [0, 0.05) is 39.1 Å². The predicted octanol–water partition coefficient (Wildman–Crippen LogP) is 1.23. The lowest BCUT2D eigenvalue weighted by Crippen LogP contribution is -2.62. The minimum Gasteiger partial charge on any atom is -0.392 e. The summed E-state index contributed by atoms with van der Waals surface area (Å²) >= 11 is 0. The number of piperidine rings is 1. The maximum absolute atomic E-state index is 12.6. The summed E-state index contributed by atoms with van der Waals surface area (Å²) in [4.78, 5) is 18.8. The van der Waals surface area contributed by atoms with Gasteiger partial charge >= 0.3 is 0 Å². The molecule has 2 heterocycles. The predicted molar refractivity (Wildman–Crippen MR) is 83.9 cm³/mol. The number of carbonyl (C=O) groups excluding carboxylic acids is 1. The van der Waals surface area contributed by atoms with Gasteiger partial charge in [-0.15, -0.1) is 0 Å². The minimum atomic E-state index is -0.312. The molecule has 1 spiro atoms. The summed E-state index contributed by atoms with van der Waals surface area (Å²) in [7, 11) is 3.30. The number of hydrogen-bond donors (Lipinski definition) is 1. The van der Waals surface area contributed by atoms with Gasteiger partial charge in [0.1, 0.15) is 5.69 Å². The number of aliphatic hydroxyl groups is 1. The Labute approximate surface area is 136 Å². The van der Waals surface area contributed by atoms with E-state index in [0.29, 0.717) is 31.8 Å². The Bertz CT molecular complexity index is 569. The highest BCUT2D eigenvalue weighted by Crippen LogP contribution is 2.50. The van der Waals surface area contributed by atoms with E-state index in [-0.39, 0.29) is 23.5 Å². The molecule has 2 fully saturated rings. The van der Waals surface area contributed by atoms with Gasteiger partial charge in [0.05, 0.1) is 24.5 Å². The lowest BCUT2D eigenvalue weighted by atomic mass is 9.58. The van der Waals surface area contributed by atoms with E-state index in [9.17, 15) is 9.90 Å². The number of pyridine rings is 1. The summed E-state index contributed by atoms with van der Waals surface area (Å²) in [5, 5.41) is 10.2. The summed E-state index contributed by atoms with van der Waals surface area (Å²) < 4.78 is 10.5. The van der Waals surface area contributed by atoms with E-state index in [4.69, 9.17) is 9.47 Å². The van der Waals surface area contributed by atoms with Crippen molar-refractivity contribution in [2.45, 2.75) is 38.1 Å². The molecule has 1 saturated heterocycles. The molecule has 1 aromatic rings. The summed E-state index contributed by atoms with van der Waals surface area (Å²) in [5.41, 5.74) is 1.03. The van der Waals surface area contributed by atoms with Crippen LogP contribution in [0.25, 0.3) is 0 Å². The van der Waals surface area contributed by atoms with E-state index in [2.05, 4.69) is 4.98 Å². The van der Waals surface area contributed by atoms with Crippen molar-refractivity contribution in [3.8, 4) is 0 Å². The normalized spacial score (nSPS) is 26.1. The average Bonchev–Trinajstić information content (AvgIpc) is 2.59. The highest BCUT2D eigenvalue weighted by Gasteiger charge is 2.56. The first-order valence-electron chi connectivity index (χ1n) is 8.05. The van der Waals surface area contributed by atoms with Crippen LogP contribution in [-0.2, 0) is 16.1 Å². The quantitative estimate of drug-likeness (QED) is 0.903. The summed E-state index contributed by atoms with van der Waals surface area (Å²) in [6.07, 6.45) is 2.04. The van der Waals surface area contributed by atoms with Gasteiger partial charge in [0.25, 0.3) is 5.91 Å². The molecule has 0 aromatic carbocycles. The smallest absolute Gasteiger partial charge is 0.272 e. The van der Waals surface area contributed by atoms with Crippen molar-refractivity contribution in [3.63, 3.8) is 0 Å². The van der Waals surface area contributed by atoms with Crippen molar-refractivity contribution in [2.75, 3.05) is 27.3 Å². The van der Waals surface area contributed by atoms with Gasteiger partial charge in [-0.05, 0) is 25.0 Å². The Morgan fingerprint density at radius 2 is 2.13 bits per heavy atom. The number of likely N-dealkylation sites (tertiary alicyclic amines) is 1. The first kappa shape index (κ1) is 16.4. The second-order valence-electron chi connectivity index (χ2n) is 6.45. The van der Waals surface area contributed by atoms with Gasteiger partial charge in [-0.2, -0.15) is 0 Å². The summed E-state index contributed by atoms with van der Waals surface area (Å²) in [5.74, 6) is -0.0550. The van der Waals surface area contributed by atoms with Crippen LogP contribution in [0.3, 0.4) is 0 Å². The number of methoxy groups -OCH3 is 2. The van der Waals surface area contributed by atoms with E-state index < -0.39 is 0 Å². The Morgan fingerprint density at radius 3 is 2.74 bits per heavy atom. The third kappa shape index (κ3) is 2.86. The Hall–Kier alpha value is -1.50. The van der Waals surface area contributed by atoms with Crippen molar-refractivity contribution in [3.05, 3.63) is 29.6 Å². The molecule has 3 rings (SSSR count). The molecule has 1 saturated carbocycles.